The van der Waals surface area contributed by atoms with Gasteiger partial charge in [-0.1, -0.05) is 11.8 Å². The summed E-state index contributed by atoms with van der Waals surface area (Å²) in [6.07, 6.45) is 0.126. The predicted octanol–water partition coefficient (Wildman–Crippen LogP) is 1.23. The second kappa shape index (κ2) is 4.77. The van der Waals surface area contributed by atoms with E-state index in [1.807, 2.05) is 11.8 Å². The van der Waals surface area contributed by atoms with Crippen molar-refractivity contribution in [2.45, 2.75) is 18.1 Å². The van der Waals surface area contributed by atoms with Crippen LogP contribution in [0.15, 0.2) is 0 Å². The Kier molecular flexibility index (Phi) is 3.94. The molecule has 1 heterocycles. The molecule has 68 valence electrons. The number of rotatable bonds is 5. The van der Waals surface area contributed by atoms with Gasteiger partial charge < -0.3 is 5.11 Å². The van der Waals surface area contributed by atoms with Crippen molar-refractivity contribution in [3.05, 3.63) is 0 Å². The molecule has 0 aromatic heterocycles. The number of carbonyl (C=O) groups excluding carboxylic acids is 1. The van der Waals surface area contributed by atoms with Crippen molar-refractivity contribution >= 4 is 34.6 Å². The zero-order valence-electron chi connectivity index (χ0n) is 6.49. The molecule has 12 heavy (non-hydrogen) atoms. The average Bonchev–Trinajstić information content (AvgIpc) is 2.80. The standard InChI is InChI=1S/C7H10O3S2/c8-6(9)1-2-7(10)12-4-5-3-11-5/h5H,1-4H2,(H,8,9)/t5-/m1/s1. The third-order valence-electron chi connectivity index (χ3n) is 1.38. The van der Waals surface area contributed by atoms with Gasteiger partial charge in [-0.25, -0.2) is 0 Å². The Morgan fingerprint density at radius 3 is 2.67 bits per heavy atom. The first-order chi connectivity index (χ1) is 5.68. The van der Waals surface area contributed by atoms with Crippen LogP contribution < -0.4 is 0 Å². The first kappa shape index (κ1) is 9.92. The minimum Gasteiger partial charge on any atom is -0.481 e. The Morgan fingerprint density at radius 1 is 1.50 bits per heavy atom. The molecule has 0 radical (unpaired) electrons. The highest BCUT2D eigenvalue weighted by Gasteiger charge is 2.23. The third kappa shape index (κ3) is 4.66. The third-order valence-corrected chi connectivity index (χ3v) is 3.65. The van der Waals surface area contributed by atoms with Gasteiger partial charge in [0.25, 0.3) is 0 Å². The first-order valence-corrected chi connectivity index (χ1v) is 5.71. The van der Waals surface area contributed by atoms with Crippen LogP contribution in [0.1, 0.15) is 12.8 Å². The van der Waals surface area contributed by atoms with Crippen molar-refractivity contribution in [2.24, 2.45) is 0 Å². The SMILES string of the molecule is O=C(O)CCC(=O)SC[C@H]1CS1. The predicted molar refractivity (Wildman–Crippen MR) is 50.6 cm³/mol. The average molecular weight is 206 g/mol. The van der Waals surface area contributed by atoms with E-state index in [1.54, 1.807) is 0 Å². The van der Waals surface area contributed by atoms with Crippen molar-refractivity contribution in [2.75, 3.05) is 11.5 Å². The van der Waals surface area contributed by atoms with Gasteiger partial charge in [0.1, 0.15) is 0 Å². The second-order valence-electron chi connectivity index (χ2n) is 2.53. The van der Waals surface area contributed by atoms with Gasteiger partial charge in [-0.2, -0.15) is 11.8 Å². The molecule has 0 aromatic carbocycles. The Morgan fingerprint density at radius 2 is 2.17 bits per heavy atom. The summed E-state index contributed by atoms with van der Waals surface area (Å²) in [4.78, 5) is 21.1. The summed E-state index contributed by atoms with van der Waals surface area (Å²) in [5.41, 5.74) is 0. The lowest BCUT2D eigenvalue weighted by atomic mass is 10.3. The van der Waals surface area contributed by atoms with Crippen molar-refractivity contribution in [3.63, 3.8) is 0 Å². The van der Waals surface area contributed by atoms with Crippen molar-refractivity contribution < 1.29 is 14.7 Å². The molecule has 5 heteroatoms. The van der Waals surface area contributed by atoms with Crippen LogP contribution in [0.4, 0.5) is 0 Å². The van der Waals surface area contributed by atoms with E-state index in [9.17, 15) is 9.59 Å². The van der Waals surface area contributed by atoms with E-state index in [0.29, 0.717) is 5.25 Å². The molecule has 0 unspecified atom stereocenters. The fourth-order valence-electron chi connectivity index (χ4n) is 0.631. The molecule has 1 fully saturated rings. The number of thioether (sulfide) groups is 2. The van der Waals surface area contributed by atoms with Crippen LogP contribution in [0.2, 0.25) is 0 Å². The number of carbonyl (C=O) groups is 2. The second-order valence-corrected chi connectivity index (χ2v) is 4.94. The van der Waals surface area contributed by atoms with E-state index in [4.69, 9.17) is 5.11 Å². The van der Waals surface area contributed by atoms with Crippen molar-refractivity contribution in [3.8, 4) is 0 Å². The maximum atomic E-state index is 11.0. The van der Waals surface area contributed by atoms with E-state index >= 15 is 0 Å². The summed E-state index contributed by atoms with van der Waals surface area (Å²) in [7, 11) is 0. The van der Waals surface area contributed by atoms with Gasteiger partial charge in [0.15, 0.2) is 5.12 Å². The first-order valence-electron chi connectivity index (χ1n) is 3.67. The van der Waals surface area contributed by atoms with Gasteiger partial charge in [0, 0.05) is 23.2 Å². The van der Waals surface area contributed by atoms with E-state index in [0.717, 1.165) is 11.5 Å². The quantitative estimate of drug-likeness (QED) is 0.686. The maximum absolute atomic E-state index is 11.0. The van der Waals surface area contributed by atoms with Crippen LogP contribution in [0.3, 0.4) is 0 Å². The Balaban J connectivity index is 1.98. The molecule has 0 saturated carbocycles. The molecule has 0 aliphatic carbocycles. The zero-order valence-corrected chi connectivity index (χ0v) is 8.12. The van der Waals surface area contributed by atoms with Gasteiger partial charge in [-0.05, 0) is 0 Å². The Labute approximate surface area is 79.3 Å². The molecule has 0 amide bonds. The molecular weight excluding hydrogens is 196 g/mol. The van der Waals surface area contributed by atoms with Crippen molar-refractivity contribution in [1.29, 1.82) is 0 Å². The molecule has 0 bridgehead atoms. The number of carboxylic acid groups (broad SMARTS) is 1. The Bertz CT molecular complexity index is 189. The summed E-state index contributed by atoms with van der Waals surface area (Å²) < 4.78 is 0. The molecule has 3 nitrogen and oxygen atoms in total. The number of carboxylic acids is 1. The number of hydrogen-bond donors (Lipinski definition) is 1. The highest BCUT2D eigenvalue weighted by atomic mass is 32.2. The maximum Gasteiger partial charge on any atom is 0.303 e. The molecular formula is C7H10O3S2. The van der Waals surface area contributed by atoms with Crippen LogP contribution in [0.25, 0.3) is 0 Å². The van der Waals surface area contributed by atoms with Gasteiger partial charge in [0.05, 0.1) is 6.42 Å². The minimum atomic E-state index is -0.898. The molecule has 1 N–H and O–H groups in total. The van der Waals surface area contributed by atoms with Crippen LogP contribution in [0.5, 0.6) is 0 Å². The molecule has 1 saturated heterocycles. The highest BCUT2D eigenvalue weighted by Crippen LogP contribution is 2.33. The zero-order chi connectivity index (χ0) is 8.97. The van der Waals surface area contributed by atoms with Gasteiger partial charge >= 0.3 is 5.97 Å². The van der Waals surface area contributed by atoms with Crippen LogP contribution in [0, 0.1) is 0 Å². The summed E-state index contributed by atoms with van der Waals surface area (Å²) in [5, 5.41) is 8.93. The molecule has 1 aliphatic rings. The summed E-state index contributed by atoms with van der Waals surface area (Å²) in [6, 6.07) is 0. The fraction of sp³-hybridized carbons (Fsp3) is 0.714. The largest absolute Gasteiger partial charge is 0.481 e. The van der Waals surface area contributed by atoms with E-state index in [2.05, 4.69) is 0 Å². The molecule has 0 aromatic rings. The Hall–Kier alpha value is -0.160. The van der Waals surface area contributed by atoms with Gasteiger partial charge in [-0.3, -0.25) is 9.59 Å². The van der Waals surface area contributed by atoms with Crippen LogP contribution in [-0.4, -0.2) is 32.9 Å². The minimum absolute atomic E-state index is 0.00454. The monoisotopic (exact) mass is 206 g/mol. The highest BCUT2D eigenvalue weighted by molar-refractivity contribution is 8.15. The molecule has 0 spiro atoms. The molecule has 1 atom stereocenters. The van der Waals surface area contributed by atoms with E-state index in [-0.39, 0.29) is 18.0 Å². The molecule has 1 rings (SSSR count). The molecule has 1 aliphatic heterocycles. The topological polar surface area (TPSA) is 54.4 Å². The lowest BCUT2D eigenvalue weighted by Crippen LogP contribution is -2.01. The van der Waals surface area contributed by atoms with Gasteiger partial charge in [0.2, 0.25) is 0 Å². The van der Waals surface area contributed by atoms with E-state index in [1.165, 1.54) is 11.8 Å². The lowest BCUT2D eigenvalue weighted by molar-refractivity contribution is -0.137. The smallest absolute Gasteiger partial charge is 0.303 e. The summed E-state index contributed by atoms with van der Waals surface area (Å²) in [6.45, 7) is 0. The normalized spacial score (nSPS) is 20.5. The fourth-order valence-corrected chi connectivity index (χ4v) is 2.36. The van der Waals surface area contributed by atoms with E-state index < -0.39 is 5.97 Å². The van der Waals surface area contributed by atoms with Crippen LogP contribution in [-0.2, 0) is 9.59 Å². The summed E-state index contributed by atoms with van der Waals surface area (Å²) in [5.74, 6) is 1.10. The van der Waals surface area contributed by atoms with Crippen LogP contribution >= 0.6 is 23.5 Å². The number of aliphatic carboxylic acids is 1. The van der Waals surface area contributed by atoms with Gasteiger partial charge in [-0.15, -0.1) is 0 Å². The number of hydrogen-bond acceptors (Lipinski definition) is 4. The van der Waals surface area contributed by atoms with Crippen molar-refractivity contribution in [1.82, 2.24) is 0 Å². The lowest BCUT2D eigenvalue weighted by Gasteiger charge is -1.95. The summed E-state index contributed by atoms with van der Waals surface area (Å²) >= 11 is 3.11.